The largest absolute Gasteiger partial charge is 0.466 e. The van der Waals surface area contributed by atoms with E-state index in [-0.39, 0.29) is 11.9 Å². The van der Waals surface area contributed by atoms with Crippen molar-refractivity contribution >= 4 is 11.9 Å². The average molecular weight is 1140 g/mol. The van der Waals surface area contributed by atoms with Gasteiger partial charge in [0.2, 0.25) is 0 Å². The predicted octanol–water partition coefficient (Wildman–Crippen LogP) is 28.1. The first kappa shape index (κ1) is 82.0. The molecule has 0 aromatic rings. The fraction of sp³-hybridized carbons (Fsp3) is 0.974. The van der Waals surface area contributed by atoms with E-state index in [1.54, 1.807) is 0 Å². The highest BCUT2D eigenvalue weighted by Crippen LogP contribution is 2.19. The van der Waals surface area contributed by atoms with Crippen LogP contribution in [0, 0.1) is 0 Å². The lowest BCUT2D eigenvalue weighted by atomic mass is 10.0. The summed E-state index contributed by atoms with van der Waals surface area (Å²) in [4.78, 5) is 23.9. The van der Waals surface area contributed by atoms with Crippen LogP contribution in [0.5, 0.6) is 0 Å². The SMILES string of the molecule is CCCCCCCCCCCCCCCCCCCCCCC(=O)OCCCCCCCCCCCCCCC.CCCCCCCCCCCCCCCCCCCCCCC(=O)OCCCCCCCCCCCCCCCC. The van der Waals surface area contributed by atoms with Crippen molar-refractivity contribution in [1.82, 2.24) is 0 Å². The molecule has 0 aliphatic heterocycles. The number of hydrogen-bond acceptors (Lipinski definition) is 4. The van der Waals surface area contributed by atoms with Gasteiger partial charge in [-0.05, 0) is 25.7 Å². The van der Waals surface area contributed by atoms with Crippen molar-refractivity contribution in [3.8, 4) is 0 Å². The summed E-state index contributed by atoms with van der Waals surface area (Å²) >= 11 is 0. The van der Waals surface area contributed by atoms with E-state index >= 15 is 0 Å². The molecule has 0 N–H and O–H groups in total. The van der Waals surface area contributed by atoms with E-state index in [4.69, 9.17) is 9.47 Å². The number of esters is 2. The van der Waals surface area contributed by atoms with Crippen LogP contribution in [0.3, 0.4) is 0 Å². The van der Waals surface area contributed by atoms with Gasteiger partial charge in [-0.15, -0.1) is 0 Å². The normalized spacial score (nSPS) is 11.4. The third kappa shape index (κ3) is 81.0. The van der Waals surface area contributed by atoms with Crippen LogP contribution in [0.1, 0.15) is 471 Å². The number of ether oxygens (including phenoxy) is 2. The molecular weight excluding hydrogens is 989 g/mol. The molecule has 81 heavy (non-hydrogen) atoms. The van der Waals surface area contributed by atoms with Crippen molar-refractivity contribution in [2.24, 2.45) is 0 Å². The molecule has 0 heterocycles. The van der Waals surface area contributed by atoms with Gasteiger partial charge in [0.25, 0.3) is 0 Å². The molecule has 4 heteroatoms. The molecule has 0 fully saturated rings. The first-order valence-electron chi connectivity index (χ1n) is 38.4. The first-order chi connectivity index (χ1) is 40.1. The second kappa shape index (κ2) is 78.9. The van der Waals surface area contributed by atoms with Crippen LogP contribution in [-0.2, 0) is 19.1 Å². The second-order valence-corrected chi connectivity index (χ2v) is 26.2. The minimum absolute atomic E-state index is 0.0290. The van der Waals surface area contributed by atoms with Crippen molar-refractivity contribution in [3.05, 3.63) is 0 Å². The van der Waals surface area contributed by atoms with Crippen LogP contribution in [-0.4, -0.2) is 25.2 Å². The third-order valence-electron chi connectivity index (χ3n) is 17.7. The lowest BCUT2D eigenvalue weighted by Crippen LogP contribution is -2.05. The Bertz CT molecular complexity index is 1100. The highest BCUT2D eigenvalue weighted by molar-refractivity contribution is 5.69. The Labute approximate surface area is 512 Å². The minimum atomic E-state index is 0.0290. The summed E-state index contributed by atoms with van der Waals surface area (Å²) in [7, 11) is 0. The van der Waals surface area contributed by atoms with E-state index in [1.807, 2.05) is 0 Å². The van der Waals surface area contributed by atoms with Gasteiger partial charge in [-0.25, -0.2) is 0 Å². The standard InChI is InChI=1S/C39H78O2.C38H76O2/c1-3-5-7-9-11-13-15-17-19-20-21-22-23-24-25-27-29-31-33-35-37-39(40)41-38-36-34-32-30-28-26-18-16-14-12-10-8-6-4-2;1-3-5-7-9-11-13-15-17-18-19-20-21-22-23-24-26-28-30-32-34-36-38(39)40-37-35-33-31-29-27-25-16-14-12-10-8-6-4-2/h3-38H2,1-2H3;3-37H2,1-2H3. The smallest absolute Gasteiger partial charge is 0.305 e. The van der Waals surface area contributed by atoms with Gasteiger partial charge < -0.3 is 9.47 Å². The summed E-state index contributed by atoms with van der Waals surface area (Å²) in [6, 6.07) is 0. The molecule has 0 saturated carbocycles. The van der Waals surface area contributed by atoms with Gasteiger partial charge in [-0.1, -0.05) is 432 Å². The fourth-order valence-electron chi connectivity index (χ4n) is 12.0. The second-order valence-electron chi connectivity index (χ2n) is 26.2. The van der Waals surface area contributed by atoms with Crippen molar-refractivity contribution in [2.45, 2.75) is 471 Å². The molecule has 0 aliphatic carbocycles. The summed E-state index contributed by atoms with van der Waals surface area (Å²) in [5, 5.41) is 0. The molecule has 0 rings (SSSR count). The minimum Gasteiger partial charge on any atom is -0.466 e. The highest BCUT2D eigenvalue weighted by atomic mass is 16.5. The van der Waals surface area contributed by atoms with Crippen molar-refractivity contribution in [3.63, 3.8) is 0 Å². The maximum Gasteiger partial charge on any atom is 0.305 e. The van der Waals surface area contributed by atoms with Crippen molar-refractivity contribution in [2.75, 3.05) is 13.2 Å². The van der Waals surface area contributed by atoms with Gasteiger partial charge in [-0.3, -0.25) is 9.59 Å². The molecule has 0 aromatic heterocycles. The summed E-state index contributed by atoms with van der Waals surface area (Å²) in [6.07, 6.45) is 93.6. The Morgan fingerprint density at radius 3 is 0.407 bits per heavy atom. The molecular formula is C77H154O4. The summed E-state index contributed by atoms with van der Waals surface area (Å²) in [5.74, 6) is 0.0587. The lowest BCUT2D eigenvalue weighted by molar-refractivity contribution is -0.144. The van der Waals surface area contributed by atoms with Crippen LogP contribution >= 0.6 is 0 Å². The van der Waals surface area contributed by atoms with E-state index in [1.165, 1.54) is 405 Å². The Morgan fingerprint density at radius 1 is 0.160 bits per heavy atom. The van der Waals surface area contributed by atoms with E-state index in [0.717, 1.165) is 25.7 Å². The number of unbranched alkanes of at least 4 members (excludes halogenated alkanes) is 63. The summed E-state index contributed by atoms with van der Waals surface area (Å²) in [6.45, 7) is 10.4. The zero-order valence-corrected chi connectivity index (χ0v) is 56.8. The topological polar surface area (TPSA) is 52.6 Å². The molecule has 0 saturated heterocycles. The van der Waals surface area contributed by atoms with Gasteiger partial charge in [0.05, 0.1) is 13.2 Å². The average Bonchev–Trinajstić information content (AvgIpc) is 3.47. The predicted molar refractivity (Wildman–Crippen MR) is 363 cm³/mol. The third-order valence-corrected chi connectivity index (χ3v) is 17.7. The molecule has 0 spiro atoms. The Kier molecular flexibility index (Phi) is 79.9. The zero-order chi connectivity index (χ0) is 58.8. The van der Waals surface area contributed by atoms with E-state index in [2.05, 4.69) is 27.7 Å². The summed E-state index contributed by atoms with van der Waals surface area (Å²) < 4.78 is 10.9. The van der Waals surface area contributed by atoms with Crippen molar-refractivity contribution < 1.29 is 19.1 Å². The van der Waals surface area contributed by atoms with Gasteiger partial charge >= 0.3 is 11.9 Å². The molecule has 4 nitrogen and oxygen atoms in total. The molecule has 0 bridgehead atoms. The molecule has 0 aliphatic rings. The molecule has 0 aromatic carbocycles. The molecule has 0 radical (unpaired) electrons. The number of carbonyl (C=O) groups is 2. The van der Waals surface area contributed by atoms with E-state index in [9.17, 15) is 9.59 Å². The number of hydrogen-bond donors (Lipinski definition) is 0. The fourth-order valence-corrected chi connectivity index (χ4v) is 12.0. The Morgan fingerprint density at radius 2 is 0.272 bits per heavy atom. The van der Waals surface area contributed by atoms with Gasteiger partial charge in [0, 0.05) is 12.8 Å². The van der Waals surface area contributed by atoms with Crippen LogP contribution < -0.4 is 0 Å². The monoisotopic (exact) mass is 1140 g/mol. The number of carbonyl (C=O) groups excluding carboxylic acids is 2. The van der Waals surface area contributed by atoms with Crippen LogP contribution in [0.4, 0.5) is 0 Å². The maximum atomic E-state index is 11.9. The van der Waals surface area contributed by atoms with Gasteiger partial charge in [0.1, 0.15) is 0 Å². The van der Waals surface area contributed by atoms with Gasteiger partial charge in [-0.2, -0.15) is 0 Å². The molecule has 0 unspecified atom stereocenters. The first-order valence-corrected chi connectivity index (χ1v) is 38.4. The molecule has 486 valence electrons. The van der Waals surface area contributed by atoms with E-state index < -0.39 is 0 Å². The van der Waals surface area contributed by atoms with Crippen molar-refractivity contribution in [1.29, 1.82) is 0 Å². The Hall–Kier alpha value is -1.06. The highest BCUT2D eigenvalue weighted by Gasteiger charge is 2.05. The molecule has 0 amide bonds. The van der Waals surface area contributed by atoms with E-state index in [0.29, 0.717) is 26.1 Å². The van der Waals surface area contributed by atoms with Crippen LogP contribution in [0.2, 0.25) is 0 Å². The summed E-state index contributed by atoms with van der Waals surface area (Å²) in [5.41, 5.74) is 0. The number of rotatable bonds is 71. The van der Waals surface area contributed by atoms with Crippen LogP contribution in [0.15, 0.2) is 0 Å². The quantitative estimate of drug-likeness (QED) is 0.0450. The van der Waals surface area contributed by atoms with Gasteiger partial charge in [0.15, 0.2) is 0 Å². The Balaban J connectivity index is 0. The zero-order valence-electron chi connectivity index (χ0n) is 56.8. The molecule has 0 atom stereocenters. The van der Waals surface area contributed by atoms with Crippen LogP contribution in [0.25, 0.3) is 0 Å². The lowest BCUT2D eigenvalue weighted by Gasteiger charge is -2.06. The maximum absolute atomic E-state index is 11.9.